The van der Waals surface area contributed by atoms with Crippen LogP contribution in [0.4, 0.5) is 14.5 Å². The van der Waals surface area contributed by atoms with E-state index in [1.54, 1.807) is 31.4 Å². The van der Waals surface area contributed by atoms with Crippen molar-refractivity contribution in [2.45, 2.75) is 50.0 Å². The molecule has 2 aliphatic rings. The van der Waals surface area contributed by atoms with Crippen LogP contribution in [-0.2, 0) is 24.8 Å². The lowest BCUT2D eigenvalue weighted by atomic mass is 10.1. The van der Waals surface area contributed by atoms with Gasteiger partial charge < -0.3 is 39.7 Å². The number of amides is 4. The van der Waals surface area contributed by atoms with Gasteiger partial charge in [-0.15, -0.1) is 11.3 Å². The zero-order chi connectivity index (χ0) is 33.9. The molecule has 5 rings (SSSR count). The Morgan fingerprint density at radius 3 is 2.49 bits per heavy atom. The maximum Gasteiger partial charge on any atom is 0.339 e. The number of nitrogens with zero attached hydrogens (tertiary/aromatic N) is 2. The van der Waals surface area contributed by atoms with Gasteiger partial charge in [-0.2, -0.15) is 8.78 Å². The molecule has 2 aromatic carbocycles. The lowest BCUT2D eigenvalue weighted by Gasteiger charge is -2.38. The molecular weight excluding hydrogens is 657 g/mol. The minimum atomic E-state index is -3.85. The van der Waals surface area contributed by atoms with Gasteiger partial charge in [-0.25, -0.2) is 0 Å². The first kappa shape index (κ1) is 34.6. The van der Waals surface area contributed by atoms with Crippen LogP contribution < -0.4 is 15.4 Å². The van der Waals surface area contributed by atoms with Crippen molar-refractivity contribution in [2.75, 3.05) is 38.7 Å². The summed E-state index contributed by atoms with van der Waals surface area (Å²) < 4.78 is 39.5. The summed E-state index contributed by atoms with van der Waals surface area (Å²) in [7, 11) is -1.99. The summed E-state index contributed by atoms with van der Waals surface area (Å²) >= 11 is 1.01. The molecule has 4 amide bonds. The molecule has 0 aliphatic carbocycles. The van der Waals surface area contributed by atoms with E-state index in [0.717, 1.165) is 23.5 Å². The number of hydrogen-bond donors (Lipinski definition) is 4. The molecule has 12 nitrogen and oxygen atoms in total. The molecule has 16 heteroatoms. The summed E-state index contributed by atoms with van der Waals surface area (Å²) in [5, 5.41) is 5.87. The minimum Gasteiger partial charge on any atom is -0.491 e. The van der Waals surface area contributed by atoms with Crippen molar-refractivity contribution in [3.63, 3.8) is 0 Å². The molecule has 47 heavy (non-hydrogen) atoms. The molecule has 1 aromatic heterocycles. The van der Waals surface area contributed by atoms with Crippen LogP contribution in [0.5, 0.6) is 5.75 Å². The van der Waals surface area contributed by atoms with Crippen LogP contribution >= 0.6 is 19.7 Å². The number of alkyl halides is 2. The lowest BCUT2D eigenvalue weighted by molar-refractivity contribution is -0.143. The Morgan fingerprint density at radius 2 is 1.81 bits per heavy atom. The molecule has 3 heterocycles. The second kappa shape index (κ2) is 14.6. The lowest BCUT2D eigenvalue weighted by Crippen LogP contribution is -2.60. The van der Waals surface area contributed by atoms with E-state index < -0.39 is 43.5 Å². The topological polar surface area (TPSA) is 158 Å². The maximum atomic E-state index is 14.2. The number of fused-ring (bicyclic) bond motifs is 2. The predicted octanol–water partition coefficient (Wildman–Crippen LogP) is 3.62. The monoisotopic (exact) mass is 692 g/mol. The highest BCUT2D eigenvalue weighted by molar-refractivity contribution is 7.46. The van der Waals surface area contributed by atoms with Crippen molar-refractivity contribution in [1.82, 2.24) is 15.1 Å². The first-order chi connectivity index (χ1) is 22.4. The molecule has 252 valence electrons. The highest BCUT2D eigenvalue weighted by atomic mass is 32.1. The molecular formula is C31H35F2N4O8PS. The molecule has 0 bridgehead atoms. The van der Waals surface area contributed by atoms with Gasteiger partial charge in [0, 0.05) is 49.1 Å². The number of thiophene rings is 1. The van der Waals surface area contributed by atoms with Crippen LogP contribution in [0.15, 0.2) is 48.5 Å². The number of carbonyl (C=O) groups is 4. The van der Waals surface area contributed by atoms with Crippen molar-refractivity contribution in [3.8, 4) is 5.75 Å². The molecule has 4 N–H and O–H groups in total. The van der Waals surface area contributed by atoms with E-state index in [1.807, 2.05) is 0 Å². The number of carbonyl (C=O) groups excluding carboxylic acids is 4. The second-order valence-corrected chi connectivity index (χ2v) is 13.5. The third kappa shape index (κ3) is 7.71. The van der Waals surface area contributed by atoms with Crippen LogP contribution in [0.2, 0.25) is 0 Å². The highest BCUT2D eigenvalue weighted by Crippen LogP contribution is 2.53. The highest BCUT2D eigenvalue weighted by Gasteiger charge is 2.45. The molecule has 2 fully saturated rings. The fraction of sp³-hybridized carbons (Fsp3) is 0.419. The normalized spacial score (nSPS) is 20.1. The summed E-state index contributed by atoms with van der Waals surface area (Å²) in [6.07, 6.45) is 1.40. The molecule has 0 saturated carbocycles. The quantitative estimate of drug-likeness (QED) is 0.185. The van der Waals surface area contributed by atoms with Crippen molar-refractivity contribution in [3.05, 3.63) is 59.0 Å². The number of ether oxygens (including phenoxy) is 2. The summed E-state index contributed by atoms with van der Waals surface area (Å²) in [5.74, 6) is -1.20. The van der Waals surface area contributed by atoms with Gasteiger partial charge in [-0.1, -0.05) is 6.07 Å². The zero-order valence-electron chi connectivity index (χ0n) is 25.7. The Morgan fingerprint density at radius 1 is 1.06 bits per heavy atom. The molecule has 0 radical (unpaired) electrons. The van der Waals surface area contributed by atoms with Gasteiger partial charge in [-0.3, -0.25) is 19.2 Å². The van der Waals surface area contributed by atoms with Gasteiger partial charge >= 0.3 is 5.66 Å². The molecule has 2 saturated heterocycles. The molecule has 3 atom stereocenters. The second-order valence-electron chi connectivity index (χ2n) is 11.3. The van der Waals surface area contributed by atoms with E-state index in [0.29, 0.717) is 55.2 Å². The Balaban J connectivity index is 1.33. The summed E-state index contributed by atoms with van der Waals surface area (Å²) in [4.78, 5) is 74.9. The Hall–Kier alpha value is -3.75. The first-order valence-electron chi connectivity index (χ1n) is 14.9. The molecule has 3 aromatic rings. The summed E-state index contributed by atoms with van der Waals surface area (Å²) in [5.41, 5.74) is -3.94. The Labute approximate surface area is 274 Å². The molecule has 0 spiro atoms. The standard InChI is InChI=1S/C31H35F2N4O8PS/c1-18(38)36-12-11-22-6-9-25(28(39)34-21-4-7-23(8-5-21)45-14-13-44-2)37(22)30(41)24(17-36)35-29(40)27-16-19-15-20(3-10-26(19)47-27)31(32,33)46(42)43/h3-5,7-8,10,15-16,22,24-25,42-43H,6,9,11-14,17H2,1-2H3,(H,34,39)(H,35,40)/t22-,24+,25+/m1/s1. The maximum absolute atomic E-state index is 14.2. The fourth-order valence-electron chi connectivity index (χ4n) is 5.82. The molecule has 0 unspecified atom stereocenters. The Kier molecular flexibility index (Phi) is 10.7. The third-order valence-electron chi connectivity index (χ3n) is 8.26. The number of hydrogen-bond acceptors (Lipinski definition) is 9. The van der Waals surface area contributed by atoms with E-state index in [4.69, 9.17) is 19.3 Å². The zero-order valence-corrected chi connectivity index (χ0v) is 27.4. The number of halogens is 2. The van der Waals surface area contributed by atoms with E-state index in [2.05, 4.69) is 10.6 Å². The van der Waals surface area contributed by atoms with Crippen molar-refractivity contribution >= 4 is 59.1 Å². The average molecular weight is 693 g/mol. The van der Waals surface area contributed by atoms with E-state index in [1.165, 1.54) is 28.9 Å². The van der Waals surface area contributed by atoms with Crippen LogP contribution in [0.1, 0.15) is 41.4 Å². The van der Waals surface area contributed by atoms with E-state index in [9.17, 15) is 28.0 Å². The van der Waals surface area contributed by atoms with Gasteiger partial charge in [0.05, 0.1) is 11.5 Å². The average Bonchev–Trinajstić information content (AvgIpc) is 3.66. The van der Waals surface area contributed by atoms with Crippen LogP contribution in [0.25, 0.3) is 10.1 Å². The largest absolute Gasteiger partial charge is 0.491 e. The van der Waals surface area contributed by atoms with Gasteiger partial charge in [-0.05, 0) is 67.1 Å². The van der Waals surface area contributed by atoms with E-state index >= 15 is 0 Å². The van der Waals surface area contributed by atoms with Crippen molar-refractivity contribution < 1.29 is 47.2 Å². The fourth-order valence-corrected chi connectivity index (χ4v) is 7.13. The van der Waals surface area contributed by atoms with Crippen LogP contribution in [0.3, 0.4) is 0 Å². The summed E-state index contributed by atoms with van der Waals surface area (Å²) in [6, 6.07) is 9.38. The van der Waals surface area contributed by atoms with Gasteiger partial charge in [0.1, 0.15) is 24.4 Å². The van der Waals surface area contributed by atoms with Crippen molar-refractivity contribution in [1.29, 1.82) is 0 Å². The number of rotatable bonds is 10. The first-order valence-corrected chi connectivity index (χ1v) is 17.0. The number of nitrogens with one attached hydrogen (secondary N) is 2. The molecule has 2 aliphatic heterocycles. The smallest absolute Gasteiger partial charge is 0.339 e. The number of methoxy groups -OCH3 is 1. The Bertz CT molecular complexity index is 1640. The van der Waals surface area contributed by atoms with Crippen molar-refractivity contribution in [2.24, 2.45) is 0 Å². The number of anilines is 1. The van der Waals surface area contributed by atoms with Gasteiger partial charge in [0.25, 0.3) is 5.91 Å². The van der Waals surface area contributed by atoms with Crippen LogP contribution in [-0.4, -0.2) is 94.8 Å². The minimum absolute atomic E-state index is 0.111. The number of benzene rings is 2. The van der Waals surface area contributed by atoms with Gasteiger partial charge in [0.15, 0.2) is 0 Å². The summed E-state index contributed by atoms with van der Waals surface area (Å²) in [6.45, 7) is 2.40. The SMILES string of the molecule is COCCOc1ccc(NC(=O)[C@@H]2CC[C@@H]3CCN(C(C)=O)C[C@H](NC(=O)c4cc5cc(C(F)(F)P(O)O)ccc5s4)C(=O)N32)cc1. The van der Waals surface area contributed by atoms with Gasteiger partial charge in [0.2, 0.25) is 26.1 Å². The predicted molar refractivity (Wildman–Crippen MR) is 171 cm³/mol. The van der Waals surface area contributed by atoms with E-state index in [-0.39, 0.29) is 34.7 Å². The van der Waals surface area contributed by atoms with Crippen LogP contribution in [0, 0.1) is 0 Å². The third-order valence-corrected chi connectivity index (χ3v) is 10.1.